The lowest BCUT2D eigenvalue weighted by Crippen LogP contribution is -2.05. The molecule has 0 fully saturated rings. The number of rotatable bonds is 6. The molecule has 0 aliphatic carbocycles. The van der Waals surface area contributed by atoms with E-state index in [1.165, 1.54) is 19.2 Å². The van der Waals surface area contributed by atoms with E-state index in [4.69, 9.17) is 9.81 Å². The number of anilines is 2. The Morgan fingerprint density at radius 3 is 2.28 bits per heavy atom. The van der Waals surface area contributed by atoms with Gasteiger partial charge in [-0.25, -0.2) is 5.26 Å². The number of hydrogen-bond donors (Lipinski definition) is 4. The van der Waals surface area contributed by atoms with E-state index < -0.39 is 10.1 Å². The second-order valence-electron chi connectivity index (χ2n) is 3.05. The van der Waals surface area contributed by atoms with Crippen LogP contribution in [0.15, 0.2) is 21.9 Å². The summed E-state index contributed by atoms with van der Waals surface area (Å²) in [6.45, 7) is 0. The molecule has 0 bridgehead atoms. The first-order valence-corrected chi connectivity index (χ1v) is 6.78. The van der Waals surface area contributed by atoms with Crippen LogP contribution in [0.5, 0.6) is 0 Å². The third-order valence-corrected chi connectivity index (χ3v) is 3.59. The summed E-state index contributed by atoms with van der Waals surface area (Å²) in [5.74, 6) is 0. The van der Waals surface area contributed by atoms with E-state index in [1.54, 1.807) is 7.05 Å². The van der Waals surface area contributed by atoms with Crippen molar-refractivity contribution in [2.75, 3.05) is 24.7 Å². The van der Waals surface area contributed by atoms with Crippen LogP contribution in [-0.2, 0) is 19.5 Å². The van der Waals surface area contributed by atoms with Crippen LogP contribution in [0, 0.1) is 0 Å². The maximum Gasteiger partial charge on any atom is 0.296 e. The lowest BCUT2D eigenvalue weighted by Gasteiger charge is -2.12. The van der Waals surface area contributed by atoms with E-state index in [1.807, 2.05) is 0 Å². The quantitative estimate of drug-likeness (QED) is 0.268. The number of nitrogens with one attached hydrogen (secondary N) is 2. The third-order valence-electron chi connectivity index (χ3n) is 2.05. The van der Waals surface area contributed by atoms with Crippen molar-refractivity contribution < 1.29 is 27.6 Å². The van der Waals surface area contributed by atoms with E-state index in [0.29, 0.717) is 22.6 Å². The molecular formula is C8H12N2O6S2. The molecular weight excluding hydrogens is 284 g/mol. The molecule has 1 aromatic rings. The van der Waals surface area contributed by atoms with Crippen molar-refractivity contribution in [3.8, 4) is 0 Å². The van der Waals surface area contributed by atoms with Gasteiger partial charge in [-0.15, -0.1) is 4.33 Å². The standard InChI is InChI=1S/C8H12N2O6S2/c1-9-5-3-6(10-2)8(18(12,13)14)4-7(5)17-16-15-11/h3-4,9-11H,1-2H3,(H,12,13,14). The molecule has 18 heavy (non-hydrogen) atoms. The van der Waals surface area contributed by atoms with Crippen molar-refractivity contribution in [1.29, 1.82) is 0 Å². The van der Waals surface area contributed by atoms with Crippen LogP contribution in [0.3, 0.4) is 0 Å². The zero-order valence-electron chi connectivity index (χ0n) is 9.50. The maximum absolute atomic E-state index is 11.2. The molecule has 0 aromatic heterocycles. The second-order valence-corrected chi connectivity index (χ2v) is 5.18. The van der Waals surface area contributed by atoms with Crippen molar-refractivity contribution in [2.24, 2.45) is 0 Å². The molecule has 0 amide bonds. The Balaban J connectivity index is 3.34. The Kier molecular flexibility index (Phi) is 5.19. The Morgan fingerprint density at radius 1 is 1.22 bits per heavy atom. The first-order valence-electron chi connectivity index (χ1n) is 4.59. The topological polar surface area (TPSA) is 117 Å². The minimum Gasteiger partial charge on any atom is -0.387 e. The Labute approximate surface area is 108 Å². The maximum atomic E-state index is 11.2. The van der Waals surface area contributed by atoms with Crippen molar-refractivity contribution in [3.63, 3.8) is 0 Å². The van der Waals surface area contributed by atoms with Crippen LogP contribution in [0.25, 0.3) is 0 Å². The van der Waals surface area contributed by atoms with Gasteiger partial charge in [-0.2, -0.15) is 8.42 Å². The van der Waals surface area contributed by atoms with E-state index in [9.17, 15) is 8.42 Å². The van der Waals surface area contributed by atoms with Gasteiger partial charge in [0.05, 0.1) is 28.3 Å². The van der Waals surface area contributed by atoms with Crippen LogP contribution in [-0.4, -0.2) is 32.3 Å². The SMILES string of the molecule is CNc1cc(NC)c(S(=O)(=O)O)cc1SOOO. The molecule has 102 valence electrons. The molecule has 4 N–H and O–H groups in total. The highest BCUT2D eigenvalue weighted by atomic mass is 32.2. The Bertz CT molecular complexity index is 519. The van der Waals surface area contributed by atoms with Gasteiger partial charge < -0.3 is 10.6 Å². The van der Waals surface area contributed by atoms with Gasteiger partial charge in [0.2, 0.25) is 0 Å². The zero-order valence-corrected chi connectivity index (χ0v) is 11.1. The number of benzene rings is 1. The Morgan fingerprint density at radius 2 is 1.83 bits per heavy atom. The molecule has 0 saturated heterocycles. The molecule has 1 aromatic carbocycles. The van der Waals surface area contributed by atoms with Crippen molar-refractivity contribution >= 4 is 33.5 Å². The molecule has 0 atom stereocenters. The predicted octanol–water partition coefficient (Wildman–Crippen LogP) is 1.44. The first kappa shape index (κ1) is 15.0. The Hall–Kier alpha value is -1.04. The summed E-state index contributed by atoms with van der Waals surface area (Å²) in [6, 6.07) is 2.64. The molecule has 0 unspecified atom stereocenters. The summed E-state index contributed by atoms with van der Waals surface area (Å²) in [7, 11) is -1.25. The molecule has 0 heterocycles. The van der Waals surface area contributed by atoms with Gasteiger partial charge in [0, 0.05) is 14.1 Å². The van der Waals surface area contributed by atoms with Gasteiger partial charge in [-0.05, 0) is 12.1 Å². The number of hydrogen-bond acceptors (Lipinski definition) is 8. The fourth-order valence-electron chi connectivity index (χ4n) is 1.29. The van der Waals surface area contributed by atoms with E-state index >= 15 is 0 Å². The highest BCUT2D eigenvalue weighted by Gasteiger charge is 2.19. The van der Waals surface area contributed by atoms with E-state index in [0.717, 1.165) is 0 Å². The van der Waals surface area contributed by atoms with Gasteiger partial charge in [-0.1, -0.05) is 5.04 Å². The van der Waals surface area contributed by atoms with Crippen molar-refractivity contribution in [3.05, 3.63) is 12.1 Å². The van der Waals surface area contributed by atoms with Crippen LogP contribution in [0.2, 0.25) is 0 Å². The molecule has 1 rings (SSSR count). The molecule has 10 heteroatoms. The summed E-state index contributed by atoms with van der Waals surface area (Å²) in [4.78, 5) is -0.00813. The lowest BCUT2D eigenvalue weighted by molar-refractivity contribution is -0.432. The van der Waals surface area contributed by atoms with Crippen LogP contribution in [0.1, 0.15) is 0 Å². The summed E-state index contributed by atoms with van der Waals surface area (Å²) in [5, 5.41) is 17.0. The van der Waals surface area contributed by atoms with Crippen LogP contribution >= 0.6 is 12.0 Å². The summed E-state index contributed by atoms with van der Waals surface area (Å²) in [5.41, 5.74) is 0.741. The highest BCUT2D eigenvalue weighted by Crippen LogP contribution is 2.35. The summed E-state index contributed by atoms with van der Waals surface area (Å²) < 4.78 is 35.7. The summed E-state index contributed by atoms with van der Waals surface area (Å²) in [6.07, 6.45) is 0. The van der Waals surface area contributed by atoms with Crippen LogP contribution < -0.4 is 10.6 Å². The van der Waals surface area contributed by atoms with Crippen molar-refractivity contribution in [1.82, 2.24) is 0 Å². The smallest absolute Gasteiger partial charge is 0.296 e. The average molecular weight is 296 g/mol. The normalized spacial score (nSPS) is 11.3. The molecule has 0 aliphatic rings. The molecule has 8 nitrogen and oxygen atoms in total. The molecule has 0 aliphatic heterocycles. The highest BCUT2D eigenvalue weighted by molar-refractivity contribution is 7.94. The fraction of sp³-hybridized carbons (Fsp3) is 0.250. The first-order chi connectivity index (χ1) is 8.43. The van der Waals surface area contributed by atoms with E-state index in [2.05, 4.69) is 20.0 Å². The second kappa shape index (κ2) is 6.22. The average Bonchev–Trinajstić information content (AvgIpc) is 2.34. The third kappa shape index (κ3) is 3.48. The molecule has 0 spiro atoms. The molecule has 0 saturated carbocycles. The predicted molar refractivity (Wildman–Crippen MR) is 66.0 cm³/mol. The van der Waals surface area contributed by atoms with Gasteiger partial charge in [-0.3, -0.25) is 4.55 Å². The van der Waals surface area contributed by atoms with Gasteiger partial charge in [0.1, 0.15) is 4.90 Å². The zero-order chi connectivity index (χ0) is 13.8. The minimum atomic E-state index is -4.38. The minimum absolute atomic E-state index is 0.219. The van der Waals surface area contributed by atoms with Gasteiger partial charge in [0.15, 0.2) is 0 Å². The van der Waals surface area contributed by atoms with Crippen molar-refractivity contribution in [2.45, 2.75) is 9.79 Å². The van der Waals surface area contributed by atoms with Crippen LogP contribution in [0.4, 0.5) is 11.4 Å². The van der Waals surface area contributed by atoms with Gasteiger partial charge in [0.25, 0.3) is 10.1 Å². The summed E-state index contributed by atoms with van der Waals surface area (Å²) >= 11 is 0.583. The molecule has 0 radical (unpaired) electrons. The lowest BCUT2D eigenvalue weighted by atomic mass is 10.2. The largest absolute Gasteiger partial charge is 0.387 e. The van der Waals surface area contributed by atoms with Gasteiger partial charge >= 0.3 is 0 Å². The monoisotopic (exact) mass is 296 g/mol. The van der Waals surface area contributed by atoms with E-state index in [-0.39, 0.29) is 10.6 Å². The fourth-order valence-corrected chi connectivity index (χ4v) is 2.59.